The monoisotopic (exact) mass is 526 g/mol. The predicted octanol–water partition coefficient (Wildman–Crippen LogP) is 5.15. The largest absolute Gasteiger partial charge is 0.508 e. The maximum Gasteiger partial charge on any atom is 0.268 e. The Morgan fingerprint density at radius 1 is 0.865 bits per heavy atom. The molecule has 7 nitrogen and oxygen atoms in total. The first-order valence-corrected chi connectivity index (χ1v) is 13.8. The van der Waals surface area contributed by atoms with Crippen molar-refractivity contribution in [3.8, 4) is 11.5 Å². The van der Waals surface area contributed by atoms with Gasteiger partial charge in [0.25, 0.3) is 10.1 Å². The van der Waals surface area contributed by atoms with Gasteiger partial charge in [0, 0.05) is 6.61 Å². The van der Waals surface area contributed by atoms with Crippen LogP contribution in [0, 0.1) is 0 Å². The molecule has 3 aromatic carbocycles. The summed E-state index contributed by atoms with van der Waals surface area (Å²) in [6.45, 7) is 0.0888. The number of aliphatic hydroxyl groups is 2. The van der Waals surface area contributed by atoms with Crippen molar-refractivity contribution in [2.45, 2.75) is 49.6 Å². The van der Waals surface area contributed by atoms with Crippen LogP contribution in [0.4, 0.5) is 0 Å². The zero-order valence-corrected chi connectivity index (χ0v) is 21.4. The number of allylic oxidation sites excluding steroid dienone is 1. The Hall–Kier alpha value is -3.17. The van der Waals surface area contributed by atoms with Crippen LogP contribution in [0.25, 0.3) is 0 Å². The standard InChI is InChI=1S/C29H34O7S/c30-21-5-10-29(24-6-2-1-3-7-24)36-26-18-11-22(12-19-26)13-20-27(37(33,34)35)8-4-9-28(32)23-14-16-25(31)17-15-23/h1-4,6-7,9,11-12,14-19,27-32H,5,8,10,13,20-21H2,(H,33,34,35)/t27-,28+,29-/m0/s1. The minimum Gasteiger partial charge on any atom is -0.508 e. The van der Waals surface area contributed by atoms with Gasteiger partial charge in [-0.1, -0.05) is 66.7 Å². The Labute approximate surface area is 218 Å². The summed E-state index contributed by atoms with van der Waals surface area (Å²) < 4.78 is 39.7. The van der Waals surface area contributed by atoms with Crippen molar-refractivity contribution in [1.29, 1.82) is 0 Å². The van der Waals surface area contributed by atoms with Gasteiger partial charge in [0.15, 0.2) is 0 Å². The van der Waals surface area contributed by atoms with Gasteiger partial charge in [-0.05, 0) is 73.1 Å². The third-order valence-electron chi connectivity index (χ3n) is 6.13. The molecule has 3 rings (SSSR count). The lowest BCUT2D eigenvalue weighted by Crippen LogP contribution is -2.20. The van der Waals surface area contributed by atoms with Crippen molar-refractivity contribution in [3.05, 3.63) is 108 Å². The van der Waals surface area contributed by atoms with Crippen molar-refractivity contribution in [1.82, 2.24) is 0 Å². The quantitative estimate of drug-likeness (QED) is 0.169. The Bertz CT molecular complexity index is 1210. The minimum atomic E-state index is -4.28. The molecule has 0 heterocycles. The summed E-state index contributed by atoms with van der Waals surface area (Å²) in [4.78, 5) is 0. The number of aliphatic hydroxyl groups excluding tert-OH is 2. The zero-order valence-electron chi connectivity index (χ0n) is 20.6. The van der Waals surface area contributed by atoms with E-state index in [-0.39, 0.29) is 31.3 Å². The average Bonchev–Trinajstić information content (AvgIpc) is 2.89. The van der Waals surface area contributed by atoms with Crippen molar-refractivity contribution in [3.63, 3.8) is 0 Å². The van der Waals surface area contributed by atoms with E-state index in [0.29, 0.717) is 30.6 Å². The van der Waals surface area contributed by atoms with E-state index >= 15 is 0 Å². The van der Waals surface area contributed by atoms with Gasteiger partial charge in [-0.3, -0.25) is 4.55 Å². The lowest BCUT2D eigenvalue weighted by Gasteiger charge is -2.20. The Morgan fingerprint density at radius 3 is 2.16 bits per heavy atom. The molecular weight excluding hydrogens is 492 g/mol. The topological polar surface area (TPSA) is 124 Å². The second kappa shape index (κ2) is 13.9. The number of ether oxygens (including phenoxy) is 1. The molecular formula is C29H34O7S. The maximum absolute atomic E-state index is 11.9. The highest BCUT2D eigenvalue weighted by Crippen LogP contribution is 2.27. The third-order valence-corrected chi connectivity index (χ3v) is 7.40. The molecule has 3 aromatic rings. The molecule has 0 spiro atoms. The number of hydrogen-bond donors (Lipinski definition) is 4. The first-order chi connectivity index (χ1) is 17.8. The summed E-state index contributed by atoms with van der Waals surface area (Å²) in [5.41, 5.74) is 2.49. The van der Waals surface area contributed by atoms with E-state index in [1.807, 2.05) is 54.6 Å². The minimum absolute atomic E-state index is 0.0543. The molecule has 0 bridgehead atoms. The molecule has 0 saturated carbocycles. The molecule has 37 heavy (non-hydrogen) atoms. The van der Waals surface area contributed by atoms with Crippen molar-refractivity contribution < 1.29 is 33.0 Å². The molecule has 0 amide bonds. The number of phenolic OH excluding ortho intramolecular Hbond substituents is 1. The zero-order chi connectivity index (χ0) is 26.7. The van der Waals surface area contributed by atoms with E-state index in [9.17, 15) is 28.3 Å². The lowest BCUT2D eigenvalue weighted by molar-refractivity contribution is 0.175. The van der Waals surface area contributed by atoms with Gasteiger partial charge in [-0.15, -0.1) is 0 Å². The normalized spacial score (nSPS) is 14.4. The SMILES string of the molecule is O=S(=O)(O)[C@@H](CC=C[C@@H](O)c1ccc(O)cc1)CCc1ccc(O[C@@H](CCCO)c2ccccc2)cc1. The second-order valence-electron chi connectivity index (χ2n) is 8.90. The van der Waals surface area contributed by atoms with Crippen molar-refractivity contribution in [2.75, 3.05) is 6.61 Å². The smallest absolute Gasteiger partial charge is 0.268 e. The average molecular weight is 527 g/mol. The molecule has 0 aliphatic carbocycles. The van der Waals surface area contributed by atoms with E-state index in [1.54, 1.807) is 18.2 Å². The van der Waals surface area contributed by atoms with Gasteiger partial charge >= 0.3 is 0 Å². The van der Waals surface area contributed by atoms with Gasteiger partial charge in [0.1, 0.15) is 17.6 Å². The van der Waals surface area contributed by atoms with Gasteiger partial charge in [-0.2, -0.15) is 8.42 Å². The molecule has 0 aliphatic heterocycles. The number of hydrogen-bond acceptors (Lipinski definition) is 6. The molecule has 198 valence electrons. The first-order valence-electron chi connectivity index (χ1n) is 12.3. The fourth-order valence-corrected chi connectivity index (χ4v) is 4.76. The van der Waals surface area contributed by atoms with Crippen LogP contribution in [-0.4, -0.2) is 40.1 Å². The van der Waals surface area contributed by atoms with Crippen LogP contribution in [0.2, 0.25) is 0 Å². The summed E-state index contributed by atoms with van der Waals surface area (Å²) in [6, 6.07) is 23.3. The number of aryl methyl sites for hydroxylation is 1. The van der Waals surface area contributed by atoms with Crippen LogP contribution < -0.4 is 4.74 Å². The summed E-state index contributed by atoms with van der Waals surface area (Å²) >= 11 is 0. The van der Waals surface area contributed by atoms with Gasteiger partial charge < -0.3 is 20.1 Å². The number of phenols is 1. The molecule has 0 aliphatic rings. The molecule has 0 fully saturated rings. The highest BCUT2D eigenvalue weighted by Gasteiger charge is 2.22. The van der Waals surface area contributed by atoms with Crippen LogP contribution in [0.3, 0.4) is 0 Å². The van der Waals surface area contributed by atoms with Crippen LogP contribution >= 0.6 is 0 Å². The fourth-order valence-electron chi connectivity index (χ4n) is 3.99. The lowest BCUT2D eigenvalue weighted by atomic mass is 10.0. The van der Waals surface area contributed by atoms with E-state index < -0.39 is 21.5 Å². The molecule has 0 unspecified atom stereocenters. The number of benzene rings is 3. The maximum atomic E-state index is 11.9. The van der Waals surface area contributed by atoms with E-state index in [4.69, 9.17) is 4.74 Å². The molecule has 0 saturated heterocycles. The van der Waals surface area contributed by atoms with E-state index in [2.05, 4.69) is 0 Å². The number of rotatable bonds is 14. The molecule has 3 atom stereocenters. The van der Waals surface area contributed by atoms with Crippen LogP contribution in [-0.2, 0) is 16.5 Å². The van der Waals surface area contributed by atoms with E-state index in [1.165, 1.54) is 18.2 Å². The fraction of sp³-hybridized carbons (Fsp3) is 0.310. The second-order valence-corrected chi connectivity index (χ2v) is 10.6. The van der Waals surface area contributed by atoms with Crippen LogP contribution in [0.1, 0.15) is 54.6 Å². The van der Waals surface area contributed by atoms with Crippen molar-refractivity contribution >= 4 is 10.1 Å². The first kappa shape index (κ1) is 28.4. The summed E-state index contributed by atoms with van der Waals surface area (Å²) in [5.74, 6) is 0.761. The van der Waals surface area contributed by atoms with Crippen LogP contribution in [0.5, 0.6) is 11.5 Å². The Kier molecular flexibility index (Phi) is 10.7. The van der Waals surface area contributed by atoms with Gasteiger partial charge in [0.05, 0.1) is 11.4 Å². The summed E-state index contributed by atoms with van der Waals surface area (Å²) in [6.07, 6.45) is 3.87. The predicted molar refractivity (Wildman–Crippen MR) is 143 cm³/mol. The summed E-state index contributed by atoms with van der Waals surface area (Å²) in [7, 11) is -4.28. The van der Waals surface area contributed by atoms with Gasteiger partial charge in [-0.25, -0.2) is 0 Å². The molecule has 0 radical (unpaired) electrons. The van der Waals surface area contributed by atoms with E-state index in [0.717, 1.165) is 11.1 Å². The van der Waals surface area contributed by atoms with Crippen LogP contribution in [0.15, 0.2) is 91.0 Å². The van der Waals surface area contributed by atoms with Crippen molar-refractivity contribution in [2.24, 2.45) is 0 Å². The summed E-state index contributed by atoms with van der Waals surface area (Å²) in [5, 5.41) is 27.8. The third kappa shape index (κ3) is 9.33. The molecule has 0 aromatic heterocycles. The highest BCUT2D eigenvalue weighted by atomic mass is 32.2. The van der Waals surface area contributed by atoms with Gasteiger partial charge in [0.2, 0.25) is 0 Å². The molecule has 4 N–H and O–H groups in total. The number of aromatic hydroxyl groups is 1. The Morgan fingerprint density at radius 2 is 1.54 bits per heavy atom. The molecule has 8 heteroatoms. The Balaban J connectivity index is 1.58. The highest BCUT2D eigenvalue weighted by molar-refractivity contribution is 7.86.